The summed E-state index contributed by atoms with van der Waals surface area (Å²) in [5.74, 6) is -0.924. The van der Waals surface area contributed by atoms with Gasteiger partial charge in [-0.15, -0.1) is 0 Å². The molecule has 3 rings (SSSR count). The van der Waals surface area contributed by atoms with E-state index in [0.29, 0.717) is 11.1 Å². The fourth-order valence-electron chi connectivity index (χ4n) is 3.95. The maximum absolute atomic E-state index is 14.2. The fraction of sp³-hybridized carbons (Fsp3) is 0.400. The average Bonchev–Trinajstić information content (AvgIpc) is 2.73. The Morgan fingerprint density at radius 2 is 1.64 bits per heavy atom. The number of hydrogen-bond donors (Lipinski definition) is 0. The lowest BCUT2D eigenvalue weighted by atomic mass is 10.1. The predicted molar refractivity (Wildman–Crippen MR) is 107 cm³/mol. The fourth-order valence-corrected chi connectivity index (χ4v) is 7.74. The molecule has 0 amide bonds. The molecule has 8 heteroatoms. The first-order valence-electron chi connectivity index (χ1n) is 9.08. The van der Waals surface area contributed by atoms with Crippen LogP contribution in [0.15, 0.2) is 41.3 Å². The highest BCUT2D eigenvalue weighted by Gasteiger charge is 2.37. The molecular formula is C20H24FNO4S2. The molecule has 0 saturated carbocycles. The van der Waals surface area contributed by atoms with E-state index in [1.54, 1.807) is 32.0 Å². The van der Waals surface area contributed by atoms with Crippen molar-refractivity contribution >= 4 is 19.9 Å². The molecule has 0 aliphatic carbocycles. The summed E-state index contributed by atoms with van der Waals surface area (Å²) in [6.45, 7) is 5.26. The van der Waals surface area contributed by atoms with Crippen LogP contribution in [0.3, 0.4) is 0 Å². The molecule has 5 nitrogen and oxygen atoms in total. The highest BCUT2D eigenvalue weighted by atomic mass is 32.2. The van der Waals surface area contributed by atoms with E-state index in [9.17, 15) is 21.2 Å². The number of sulfonamides is 1. The van der Waals surface area contributed by atoms with Gasteiger partial charge in [0.05, 0.1) is 15.9 Å². The first kappa shape index (κ1) is 21.0. The molecule has 1 heterocycles. The maximum atomic E-state index is 14.2. The molecule has 152 valence electrons. The third kappa shape index (κ3) is 3.86. The monoisotopic (exact) mass is 425 g/mol. The molecule has 1 aliphatic rings. The van der Waals surface area contributed by atoms with Crippen LogP contribution in [0.1, 0.15) is 33.9 Å². The van der Waals surface area contributed by atoms with Crippen LogP contribution in [0.4, 0.5) is 4.39 Å². The maximum Gasteiger partial charge on any atom is 0.243 e. The molecule has 1 atom stereocenters. The molecule has 2 aromatic carbocycles. The summed E-state index contributed by atoms with van der Waals surface area (Å²) in [5.41, 5.74) is 2.34. The second-order valence-corrected chi connectivity index (χ2v) is 11.5. The van der Waals surface area contributed by atoms with Gasteiger partial charge < -0.3 is 0 Å². The molecule has 1 unspecified atom stereocenters. The molecule has 2 aromatic rings. The van der Waals surface area contributed by atoms with Crippen LogP contribution in [-0.2, 0) is 19.9 Å². The minimum absolute atomic E-state index is 0.0203. The standard InChI is InChI=1S/C20H24FNO4S2/c1-14-12-15(2)20(16(3)13-14)28(25,26)22-9-8-19(27(23,24)11-10-22)17-6-4-5-7-18(17)21/h4-7,12-13,19H,8-11H2,1-3H3. The Hall–Kier alpha value is -1.77. The van der Waals surface area contributed by atoms with Crippen molar-refractivity contribution in [3.8, 4) is 0 Å². The largest absolute Gasteiger partial charge is 0.243 e. The van der Waals surface area contributed by atoms with Crippen LogP contribution in [0, 0.1) is 26.6 Å². The third-order valence-corrected chi connectivity index (χ3v) is 9.47. The molecule has 1 aliphatic heterocycles. The normalized spacial score (nSPS) is 20.6. The van der Waals surface area contributed by atoms with Crippen molar-refractivity contribution in [1.82, 2.24) is 4.31 Å². The van der Waals surface area contributed by atoms with E-state index >= 15 is 0 Å². The summed E-state index contributed by atoms with van der Waals surface area (Å²) in [6.07, 6.45) is 0.0203. The van der Waals surface area contributed by atoms with Crippen LogP contribution in [0.25, 0.3) is 0 Å². The van der Waals surface area contributed by atoms with Gasteiger partial charge in [0.25, 0.3) is 0 Å². The van der Waals surface area contributed by atoms with Gasteiger partial charge in [0, 0.05) is 18.7 Å². The quantitative estimate of drug-likeness (QED) is 0.757. The second kappa shape index (κ2) is 7.57. The lowest BCUT2D eigenvalue weighted by Gasteiger charge is -2.22. The highest BCUT2D eigenvalue weighted by Crippen LogP contribution is 2.33. The van der Waals surface area contributed by atoms with Crippen LogP contribution >= 0.6 is 0 Å². The van der Waals surface area contributed by atoms with E-state index in [2.05, 4.69) is 0 Å². The Morgan fingerprint density at radius 3 is 2.25 bits per heavy atom. The smallest absolute Gasteiger partial charge is 0.228 e. The van der Waals surface area contributed by atoms with Crippen LogP contribution < -0.4 is 0 Å². The van der Waals surface area contributed by atoms with E-state index < -0.39 is 30.9 Å². The van der Waals surface area contributed by atoms with Crippen molar-refractivity contribution in [2.45, 2.75) is 37.3 Å². The van der Waals surface area contributed by atoms with Crippen molar-refractivity contribution in [2.75, 3.05) is 18.8 Å². The number of halogens is 1. The summed E-state index contributed by atoms with van der Waals surface area (Å²) >= 11 is 0. The number of rotatable bonds is 3. The second-order valence-electron chi connectivity index (χ2n) is 7.30. The zero-order valence-electron chi connectivity index (χ0n) is 16.1. The van der Waals surface area contributed by atoms with Gasteiger partial charge in [-0.1, -0.05) is 35.9 Å². The summed E-state index contributed by atoms with van der Waals surface area (Å²) in [6, 6.07) is 9.38. The van der Waals surface area contributed by atoms with Gasteiger partial charge in [-0.25, -0.2) is 21.2 Å². The first-order chi connectivity index (χ1) is 13.0. The summed E-state index contributed by atoms with van der Waals surface area (Å²) in [5, 5.41) is -1.05. The topological polar surface area (TPSA) is 71.5 Å². The van der Waals surface area contributed by atoms with Gasteiger partial charge in [0.15, 0.2) is 9.84 Å². The van der Waals surface area contributed by atoms with E-state index in [-0.39, 0.29) is 35.7 Å². The molecule has 0 aromatic heterocycles. The molecule has 0 spiro atoms. The van der Waals surface area contributed by atoms with Gasteiger partial charge in [-0.05, 0) is 44.4 Å². The first-order valence-corrected chi connectivity index (χ1v) is 12.2. The van der Waals surface area contributed by atoms with Crippen LogP contribution in [-0.4, -0.2) is 40.0 Å². The molecule has 1 fully saturated rings. The van der Waals surface area contributed by atoms with E-state index in [4.69, 9.17) is 0 Å². The highest BCUT2D eigenvalue weighted by molar-refractivity contribution is 7.92. The summed E-state index contributed by atoms with van der Waals surface area (Å²) < 4.78 is 67.5. The van der Waals surface area contributed by atoms with E-state index in [0.717, 1.165) is 5.56 Å². The summed E-state index contributed by atoms with van der Waals surface area (Å²) in [4.78, 5) is 0.222. The van der Waals surface area contributed by atoms with Gasteiger partial charge in [-0.3, -0.25) is 0 Å². The molecule has 0 radical (unpaired) electrons. The molecule has 1 saturated heterocycles. The molecule has 28 heavy (non-hydrogen) atoms. The van der Waals surface area contributed by atoms with E-state index in [1.165, 1.54) is 22.5 Å². The van der Waals surface area contributed by atoms with Crippen molar-refractivity contribution < 1.29 is 21.2 Å². The van der Waals surface area contributed by atoms with E-state index in [1.807, 2.05) is 6.92 Å². The zero-order valence-corrected chi connectivity index (χ0v) is 17.8. The average molecular weight is 426 g/mol. The lowest BCUT2D eigenvalue weighted by Crippen LogP contribution is -2.34. The van der Waals surface area contributed by atoms with Gasteiger partial charge in [0.1, 0.15) is 5.82 Å². The van der Waals surface area contributed by atoms with Gasteiger partial charge in [0.2, 0.25) is 10.0 Å². The summed E-state index contributed by atoms with van der Waals surface area (Å²) in [7, 11) is -7.54. The van der Waals surface area contributed by atoms with Crippen molar-refractivity contribution in [1.29, 1.82) is 0 Å². The number of sulfone groups is 1. The Kier molecular flexibility index (Phi) is 5.67. The minimum Gasteiger partial charge on any atom is -0.228 e. The number of benzene rings is 2. The Morgan fingerprint density at radius 1 is 1.04 bits per heavy atom. The van der Waals surface area contributed by atoms with Crippen molar-refractivity contribution in [2.24, 2.45) is 0 Å². The molecule has 0 bridgehead atoms. The van der Waals surface area contributed by atoms with Crippen LogP contribution in [0.5, 0.6) is 0 Å². The van der Waals surface area contributed by atoms with Crippen molar-refractivity contribution in [3.63, 3.8) is 0 Å². The Labute approximate surface area is 166 Å². The zero-order chi connectivity index (χ0) is 20.7. The van der Waals surface area contributed by atoms with Gasteiger partial charge in [-0.2, -0.15) is 4.31 Å². The number of hydrogen-bond acceptors (Lipinski definition) is 4. The molecule has 0 N–H and O–H groups in total. The SMILES string of the molecule is Cc1cc(C)c(S(=O)(=O)N2CCC(c3ccccc3F)S(=O)(=O)CC2)c(C)c1. The molecular weight excluding hydrogens is 401 g/mol. The number of nitrogens with zero attached hydrogens (tertiary/aromatic N) is 1. The van der Waals surface area contributed by atoms with Gasteiger partial charge >= 0.3 is 0 Å². The predicted octanol–water partition coefficient (Wildman–Crippen LogP) is 3.30. The lowest BCUT2D eigenvalue weighted by molar-refractivity contribution is 0.426. The Balaban J connectivity index is 1.98. The van der Waals surface area contributed by atoms with Crippen LogP contribution in [0.2, 0.25) is 0 Å². The number of aryl methyl sites for hydroxylation is 3. The minimum atomic E-state index is -3.85. The third-order valence-electron chi connectivity index (χ3n) is 5.15. The Bertz CT molecular complexity index is 1090. The van der Waals surface area contributed by atoms with Crippen molar-refractivity contribution in [3.05, 3.63) is 64.5 Å².